The van der Waals surface area contributed by atoms with E-state index in [0.29, 0.717) is 12.0 Å². The predicted octanol–water partition coefficient (Wildman–Crippen LogP) is 5.72. The molecule has 0 fully saturated rings. The Hall–Kier alpha value is -1.38. The topological polar surface area (TPSA) is 3.24 Å². The van der Waals surface area contributed by atoms with Gasteiger partial charge >= 0.3 is 0 Å². The van der Waals surface area contributed by atoms with Gasteiger partial charge in [0.15, 0.2) is 0 Å². The van der Waals surface area contributed by atoms with Crippen LogP contribution < -0.4 is 0 Å². The highest BCUT2D eigenvalue weighted by Crippen LogP contribution is 2.34. The Morgan fingerprint density at radius 1 is 0.818 bits per heavy atom. The lowest BCUT2D eigenvalue weighted by atomic mass is 9.95. The molecule has 0 spiro atoms. The molecule has 1 atom stereocenters. The fourth-order valence-corrected chi connectivity index (χ4v) is 5.05. The second-order valence-corrected chi connectivity index (χ2v) is 12.3. The molecule has 1 nitrogen and oxygen atoms in total. The Balaban J connectivity index is 2.38. The Labute approximate surface area is 137 Å². The van der Waals surface area contributed by atoms with Crippen LogP contribution in [0.2, 0.25) is 19.6 Å². The van der Waals surface area contributed by atoms with Crippen LogP contribution in [0.5, 0.6) is 0 Å². The van der Waals surface area contributed by atoms with Gasteiger partial charge in [-0.05, 0) is 17.0 Å². The number of hydrogen-bond donors (Lipinski definition) is 0. The molecule has 22 heavy (non-hydrogen) atoms. The maximum Gasteiger partial charge on any atom is 0.120 e. The average Bonchev–Trinajstić information content (AvgIpc) is 2.47. The summed E-state index contributed by atoms with van der Waals surface area (Å²) >= 11 is 0. The molecule has 1 unspecified atom stereocenters. The molecule has 0 bridgehead atoms. The fourth-order valence-electron chi connectivity index (χ4n) is 3.11. The molecular formula is C20H29NSi. The normalized spacial score (nSPS) is 13.6. The zero-order chi connectivity index (χ0) is 16.2. The molecule has 0 aliphatic heterocycles. The molecule has 0 heterocycles. The van der Waals surface area contributed by atoms with Crippen LogP contribution in [0.3, 0.4) is 0 Å². The Bertz CT molecular complexity index is 557. The summed E-state index contributed by atoms with van der Waals surface area (Å²) in [6, 6.07) is 22.3. The van der Waals surface area contributed by atoms with Gasteiger partial charge in [-0.2, -0.15) is 0 Å². The largest absolute Gasteiger partial charge is 0.313 e. The van der Waals surface area contributed by atoms with E-state index in [1.165, 1.54) is 11.1 Å². The third kappa shape index (κ3) is 4.31. The van der Waals surface area contributed by atoms with Crippen molar-refractivity contribution in [3.63, 3.8) is 0 Å². The van der Waals surface area contributed by atoms with Crippen LogP contribution in [0.4, 0.5) is 0 Å². The average molecular weight is 312 g/mol. The number of benzene rings is 2. The lowest BCUT2D eigenvalue weighted by molar-refractivity contribution is 0.248. The second-order valence-electron chi connectivity index (χ2n) is 7.38. The van der Waals surface area contributed by atoms with Crippen molar-refractivity contribution < 1.29 is 0 Å². The van der Waals surface area contributed by atoms with Gasteiger partial charge in [0.25, 0.3) is 0 Å². The van der Waals surface area contributed by atoms with E-state index in [0.717, 1.165) is 6.54 Å². The summed E-state index contributed by atoms with van der Waals surface area (Å²) in [7, 11) is -1.44. The van der Waals surface area contributed by atoms with Crippen LogP contribution >= 0.6 is 0 Å². The van der Waals surface area contributed by atoms with Gasteiger partial charge in [-0.1, -0.05) is 94.2 Å². The molecular weight excluding hydrogens is 282 g/mol. The van der Waals surface area contributed by atoms with Gasteiger partial charge in [0.1, 0.15) is 8.24 Å². The molecule has 0 radical (unpaired) electrons. The van der Waals surface area contributed by atoms with Gasteiger partial charge in [0, 0.05) is 12.6 Å². The molecule has 2 rings (SSSR count). The van der Waals surface area contributed by atoms with Crippen LogP contribution in [-0.4, -0.2) is 12.8 Å². The van der Waals surface area contributed by atoms with Crippen LogP contribution in [0.25, 0.3) is 0 Å². The van der Waals surface area contributed by atoms with E-state index in [4.69, 9.17) is 0 Å². The van der Waals surface area contributed by atoms with Gasteiger partial charge in [-0.25, -0.2) is 0 Å². The van der Waals surface area contributed by atoms with Crippen molar-refractivity contribution in [2.45, 2.75) is 46.1 Å². The molecule has 0 saturated heterocycles. The molecule has 0 amide bonds. The zero-order valence-electron chi connectivity index (χ0n) is 14.6. The minimum absolute atomic E-state index is 0.480. The zero-order valence-corrected chi connectivity index (χ0v) is 15.6. The van der Waals surface area contributed by atoms with Crippen LogP contribution in [0, 0.1) is 5.92 Å². The van der Waals surface area contributed by atoms with Crippen molar-refractivity contribution in [3.05, 3.63) is 71.8 Å². The maximum atomic E-state index is 2.77. The van der Waals surface area contributed by atoms with Crippen LogP contribution in [-0.2, 0) is 6.54 Å². The molecule has 2 aromatic carbocycles. The van der Waals surface area contributed by atoms with Crippen molar-refractivity contribution >= 4 is 8.24 Å². The van der Waals surface area contributed by atoms with Crippen LogP contribution in [0.1, 0.15) is 31.0 Å². The molecule has 2 aromatic rings. The maximum absolute atomic E-state index is 2.77. The minimum Gasteiger partial charge on any atom is -0.313 e. The third-order valence-corrected chi connectivity index (χ3v) is 6.33. The van der Waals surface area contributed by atoms with E-state index in [2.05, 4.69) is 98.7 Å². The third-order valence-electron chi connectivity index (χ3n) is 4.17. The summed E-state index contributed by atoms with van der Waals surface area (Å²) in [6.07, 6.45) is 0. The number of hydrogen-bond acceptors (Lipinski definition) is 1. The first-order valence-electron chi connectivity index (χ1n) is 8.25. The molecule has 0 N–H and O–H groups in total. The van der Waals surface area contributed by atoms with Crippen molar-refractivity contribution in [3.8, 4) is 0 Å². The van der Waals surface area contributed by atoms with E-state index < -0.39 is 8.24 Å². The first-order chi connectivity index (χ1) is 10.4. The highest BCUT2D eigenvalue weighted by atomic mass is 28.3. The van der Waals surface area contributed by atoms with Gasteiger partial charge in [0.05, 0.1) is 0 Å². The van der Waals surface area contributed by atoms with E-state index in [1.807, 2.05) is 0 Å². The Morgan fingerprint density at radius 2 is 1.32 bits per heavy atom. The lowest BCUT2D eigenvalue weighted by Gasteiger charge is -2.43. The quantitative estimate of drug-likeness (QED) is 0.617. The molecule has 0 saturated carbocycles. The summed E-state index contributed by atoms with van der Waals surface area (Å²) in [5.41, 5.74) is 2.85. The molecule has 2 heteroatoms. The lowest BCUT2D eigenvalue weighted by Crippen LogP contribution is -2.49. The summed E-state index contributed by atoms with van der Waals surface area (Å²) in [5, 5.41) is 0. The summed E-state index contributed by atoms with van der Waals surface area (Å²) < 4.78 is 2.77. The van der Waals surface area contributed by atoms with Gasteiger partial charge in [-0.3, -0.25) is 0 Å². The highest BCUT2D eigenvalue weighted by molar-refractivity contribution is 6.73. The van der Waals surface area contributed by atoms with Gasteiger partial charge in [-0.15, -0.1) is 0 Å². The van der Waals surface area contributed by atoms with Crippen molar-refractivity contribution in [1.29, 1.82) is 0 Å². The summed E-state index contributed by atoms with van der Waals surface area (Å²) in [5.74, 6) is 0.595. The van der Waals surface area contributed by atoms with E-state index in [-0.39, 0.29) is 0 Å². The van der Waals surface area contributed by atoms with Crippen molar-refractivity contribution in [1.82, 2.24) is 4.57 Å². The molecule has 0 aromatic heterocycles. The van der Waals surface area contributed by atoms with E-state index >= 15 is 0 Å². The van der Waals surface area contributed by atoms with Crippen LogP contribution in [0.15, 0.2) is 60.7 Å². The highest BCUT2D eigenvalue weighted by Gasteiger charge is 2.33. The van der Waals surface area contributed by atoms with Crippen molar-refractivity contribution in [2.24, 2.45) is 5.92 Å². The summed E-state index contributed by atoms with van der Waals surface area (Å²) in [4.78, 5) is 0. The SMILES string of the molecule is CC(C)C(c1ccccc1)N(Cc1ccccc1)[Si](C)(C)C. The Morgan fingerprint density at radius 3 is 1.77 bits per heavy atom. The van der Waals surface area contributed by atoms with E-state index in [9.17, 15) is 0 Å². The molecule has 0 aliphatic carbocycles. The summed E-state index contributed by atoms with van der Waals surface area (Å²) in [6.45, 7) is 13.1. The monoisotopic (exact) mass is 311 g/mol. The minimum atomic E-state index is -1.44. The standard InChI is InChI=1S/C20H29NSi/c1-17(2)20(19-14-10-7-11-15-19)21(22(3,4)5)16-18-12-8-6-9-13-18/h6-15,17,20H,16H2,1-5H3. The first kappa shape index (κ1) is 17.0. The Kier molecular flexibility index (Phi) is 5.60. The number of rotatable bonds is 6. The predicted molar refractivity (Wildman–Crippen MR) is 99.4 cm³/mol. The van der Waals surface area contributed by atoms with E-state index in [1.54, 1.807) is 0 Å². The number of nitrogens with zero attached hydrogens (tertiary/aromatic N) is 1. The van der Waals surface area contributed by atoms with Crippen molar-refractivity contribution in [2.75, 3.05) is 0 Å². The fraction of sp³-hybridized carbons (Fsp3) is 0.400. The van der Waals surface area contributed by atoms with Gasteiger partial charge < -0.3 is 4.57 Å². The van der Waals surface area contributed by atoms with Gasteiger partial charge in [0.2, 0.25) is 0 Å². The molecule has 118 valence electrons. The first-order valence-corrected chi connectivity index (χ1v) is 11.7. The smallest absolute Gasteiger partial charge is 0.120 e. The second kappa shape index (κ2) is 7.25. The molecule has 0 aliphatic rings.